The smallest absolute Gasteiger partial charge is 0.255 e. The SMILES string of the molecule is CCN(Cc1ccc(OCc2cccs2)c(OC)c1)C(=O)c1ccc(C)nc1. The quantitative estimate of drug-likeness (QED) is 0.554. The van der Waals surface area contributed by atoms with Gasteiger partial charge in [-0.15, -0.1) is 11.3 Å². The first-order valence-corrected chi connectivity index (χ1v) is 10.0. The molecule has 0 radical (unpaired) electrons. The molecule has 0 unspecified atom stereocenters. The second kappa shape index (κ2) is 9.37. The van der Waals surface area contributed by atoms with Gasteiger partial charge in [0, 0.05) is 29.9 Å². The number of pyridine rings is 1. The molecule has 3 rings (SSSR count). The standard InChI is InChI=1S/C22H24N2O3S/c1-4-24(22(25)18-9-7-16(2)23-13-18)14-17-8-10-20(21(12-17)26-3)27-15-19-6-5-11-28-19/h5-13H,4,14-15H2,1-3H3. The molecule has 0 atom stereocenters. The highest BCUT2D eigenvalue weighted by Gasteiger charge is 2.16. The maximum Gasteiger partial charge on any atom is 0.255 e. The first kappa shape index (κ1) is 19.9. The molecular formula is C22H24N2O3S. The van der Waals surface area contributed by atoms with Crippen LogP contribution in [0.5, 0.6) is 11.5 Å². The van der Waals surface area contributed by atoms with E-state index >= 15 is 0 Å². The number of methoxy groups -OCH3 is 1. The zero-order chi connectivity index (χ0) is 19.9. The second-order valence-corrected chi connectivity index (χ2v) is 7.39. The van der Waals surface area contributed by atoms with Gasteiger partial charge in [-0.25, -0.2) is 0 Å². The fraction of sp³-hybridized carbons (Fsp3) is 0.273. The molecule has 0 spiro atoms. The number of aryl methyl sites for hydroxylation is 1. The van der Waals surface area contributed by atoms with Crippen LogP contribution in [-0.4, -0.2) is 29.4 Å². The average molecular weight is 397 g/mol. The molecule has 2 heterocycles. The van der Waals surface area contributed by atoms with Crippen molar-refractivity contribution in [2.75, 3.05) is 13.7 Å². The fourth-order valence-electron chi connectivity index (χ4n) is 2.80. The number of hydrogen-bond donors (Lipinski definition) is 0. The molecule has 0 aliphatic carbocycles. The summed E-state index contributed by atoms with van der Waals surface area (Å²) >= 11 is 1.66. The Hall–Kier alpha value is -2.86. The minimum absolute atomic E-state index is 0.0352. The van der Waals surface area contributed by atoms with E-state index in [4.69, 9.17) is 9.47 Å². The van der Waals surface area contributed by atoms with E-state index in [2.05, 4.69) is 4.98 Å². The van der Waals surface area contributed by atoms with Crippen LogP contribution in [0.1, 0.15) is 33.4 Å². The van der Waals surface area contributed by atoms with Crippen molar-refractivity contribution in [2.24, 2.45) is 0 Å². The zero-order valence-corrected chi connectivity index (χ0v) is 17.2. The lowest BCUT2D eigenvalue weighted by molar-refractivity contribution is 0.0752. The highest BCUT2D eigenvalue weighted by molar-refractivity contribution is 7.09. The maximum atomic E-state index is 12.8. The Morgan fingerprint density at radius 3 is 2.68 bits per heavy atom. The summed E-state index contributed by atoms with van der Waals surface area (Å²) in [6.45, 7) is 5.47. The Morgan fingerprint density at radius 1 is 1.18 bits per heavy atom. The number of rotatable bonds is 8. The lowest BCUT2D eigenvalue weighted by atomic mass is 10.1. The molecule has 0 saturated heterocycles. The number of amides is 1. The van der Waals surface area contributed by atoms with E-state index in [0.717, 1.165) is 16.1 Å². The molecule has 2 aromatic heterocycles. The molecule has 0 saturated carbocycles. The molecule has 6 heteroatoms. The number of thiophene rings is 1. The van der Waals surface area contributed by atoms with Crippen molar-refractivity contribution in [1.29, 1.82) is 0 Å². The summed E-state index contributed by atoms with van der Waals surface area (Å²) < 4.78 is 11.4. The molecule has 0 N–H and O–H groups in total. The largest absolute Gasteiger partial charge is 0.493 e. The first-order chi connectivity index (χ1) is 13.6. The highest BCUT2D eigenvalue weighted by Crippen LogP contribution is 2.30. The summed E-state index contributed by atoms with van der Waals surface area (Å²) in [4.78, 5) is 19.9. The Kier molecular flexibility index (Phi) is 6.66. The number of ether oxygens (including phenoxy) is 2. The predicted octanol–water partition coefficient (Wildman–Crippen LogP) is 4.70. The molecule has 146 valence electrons. The molecule has 1 amide bonds. The van der Waals surface area contributed by atoms with Crippen LogP contribution in [0.25, 0.3) is 0 Å². The second-order valence-electron chi connectivity index (χ2n) is 6.36. The lowest BCUT2D eigenvalue weighted by Gasteiger charge is -2.22. The number of benzene rings is 1. The minimum Gasteiger partial charge on any atom is -0.493 e. The highest BCUT2D eigenvalue weighted by atomic mass is 32.1. The van der Waals surface area contributed by atoms with Crippen molar-refractivity contribution in [2.45, 2.75) is 27.0 Å². The predicted molar refractivity (Wildman–Crippen MR) is 111 cm³/mol. The van der Waals surface area contributed by atoms with Gasteiger partial charge in [0.25, 0.3) is 5.91 Å². The number of carbonyl (C=O) groups is 1. The molecule has 1 aromatic carbocycles. The van der Waals surface area contributed by atoms with E-state index in [1.165, 1.54) is 0 Å². The molecule has 0 aliphatic heterocycles. The molecule has 5 nitrogen and oxygen atoms in total. The normalized spacial score (nSPS) is 10.5. The van der Waals surface area contributed by atoms with Crippen molar-refractivity contribution in [1.82, 2.24) is 9.88 Å². The topological polar surface area (TPSA) is 51.7 Å². The van der Waals surface area contributed by atoms with Gasteiger partial charge in [0.1, 0.15) is 6.61 Å². The van der Waals surface area contributed by atoms with Crippen LogP contribution in [-0.2, 0) is 13.2 Å². The Labute approximate surface area is 169 Å². The number of nitrogens with zero attached hydrogens (tertiary/aromatic N) is 2. The van der Waals surface area contributed by atoms with Crippen LogP contribution >= 0.6 is 11.3 Å². The van der Waals surface area contributed by atoms with Crippen molar-refractivity contribution in [3.8, 4) is 11.5 Å². The van der Waals surface area contributed by atoms with Crippen molar-refractivity contribution in [3.05, 3.63) is 75.7 Å². The third kappa shape index (κ3) is 4.89. The van der Waals surface area contributed by atoms with E-state index in [1.54, 1.807) is 29.5 Å². The molecule has 3 aromatic rings. The van der Waals surface area contributed by atoms with Gasteiger partial charge in [0.15, 0.2) is 11.5 Å². The van der Waals surface area contributed by atoms with Gasteiger partial charge in [-0.1, -0.05) is 12.1 Å². The van der Waals surface area contributed by atoms with E-state index in [-0.39, 0.29) is 5.91 Å². The average Bonchev–Trinajstić information content (AvgIpc) is 3.24. The van der Waals surface area contributed by atoms with Gasteiger partial charge in [-0.2, -0.15) is 0 Å². The molecule has 0 fully saturated rings. The Morgan fingerprint density at radius 2 is 2.04 bits per heavy atom. The summed E-state index contributed by atoms with van der Waals surface area (Å²) in [5.41, 5.74) is 2.47. The van der Waals surface area contributed by atoms with E-state index in [1.807, 2.05) is 61.7 Å². The fourth-order valence-corrected chi connectivity index (χ4v) is 3.41. The van der Waals surface area contributed by atoms with Crippen molar-refractivity contribution in [3.63, 3.8) is 0 Å². The summed E-state index contributed by atoms with van der Waals surface area (Å²) in [6, 6.07) is 13.5. The third-order valence-corrected chi connectivity index (χ3v) is 5.23. The number of carbonyl (C=O) groups excluding carboxylic acids is 1. The number of hydrogen-bond acceptors (Lipinski definition) is 5. The monoisotopic (exact) mass is 396 g/mol. The Balaban J connectivity index is 1.71. The van der Waals surface area contributed by atoms with Crippen LogP contribution < -0.4 is 9.47 Å². The molecule has 28 heavy (non-hydrogen) atoms. The molecular weight excluding hydrogens is 372 g/mol. The summed E-state index contributed by atoms with van der Waals surface area (Å²) in [5.74, 6) is 1.32. The van der Waals surface area contributed by atoms with Crippen molar-refractivity contribution >= 4 is 17.2 Å². The van der Waals surface area contributed by atoms with Gasteiger partial charge >= 0.3 is 0 Å². The van der Waals surface area contributed by atoms with Gasteiger partial charge < -0.3 is 14.4 Å². The molecule has 0 bridgehead atoms. The number of aromatic nitrogens is 1. The van der Waals surface area contributed by atoms with E-state index in [0.29, 0.717) is 36.8 Å². The van der Waals surface area contributed by atoms with E-state index < -0.39 is 0 Å². The third-order valence-electron chi connectivity index (χ3n) is 4.38. The van der Waals surface area contributed by atoms with Gasteiger partial charge in [-0.3, -0.25) is 9.78 Å². The van der Waals surface area contributed by atoms with Gasteiger partial charge in [-0.05, 0) is 55.1 Å². The Bertz CT molecular complexity index is 908. The van der Waals surface area contributed by atoms with Crippen molar-refractivity contribution < 1.29 is 14.3 Å². The summed E-state index contributed by atoms with van der Waals surface area (Å²) in [6.07, 6.45) is 1.63. The summed E-state index contributed by atoms with van der Waals surface area (Å²) in [7, 11) is 1.62. The minimum atomic E-state index is -0.0352. The zero-order valence-electron chi connectivity index (χ0n) is 16.3. The van der Waals surface area contributed by atoms with Gasteiger partial charge in [0.05, 0.1) is 12.7 Å². The molecule has 0 aliphatic rings. The van der Waals surface area contributed by atoms with Crippen LogP contribution in [0.15, 0.2) is 54.0 Å². The van der Waals surface area contributed by atoms with Crippen LogP contribution in [0.3, 0.4) is 0 Å². The van der Waals surface area contributed by atoms with E-state index in [9.17, 15) is 4.79 Å². The van der Waals surface area contributed by atoms with Crippen LogP contribution in [0.2, 0.25) is 0 Å². The maximum absolute atomic E-state index is 12.8. The lowest BCUT2D eigenvalue weighted by Crippen LogP contribution is -2.30. The van der Waals surface area contributed by atoms with Crippen LogP contribution in [0, 0.1) is 6.92 Å². The van der Waals surface area contributed by atoms with Gasteiger partial charge in [0.2, 0.25) is 0 Å². The van der Waals surface area contributed by atoms with Crippen LogP contribution in [0.4, 0.5) is 0 Å². The summed E-state index contributed by atoms with van der Waals surface area (Å²) in [5, 5.41) is 2.03. The first-order valence-electron chi connectivity index (χ1n) is 9.14.